The van der Waals surface area contributed by atoms with Crippen LogP contribution < -0.4 is 10.2 Å². The van der Waals surface area contributed by atoms with E-state index in [1.165, 1.54) is 18.2 Å². The lowest BCUT2D eigenvalue weighted by Gasteiger charge is -2.26. The molecule has 0 amide bonds. The number of hydrogen-bond acceptors (Lipinski definition) is 4. The minimum atomic E-state index is -1.20. The molecule has 1 fully saturated rings. The summed E-state index contributed by atoms with van der Waals surface area (Å²) >= 11 is 11.3. The maximum Gasteiger partial charge on any atom is 0.328 e. The number of aliphatic imine (C=N–C) groups is 1. The molecule has 154 valence electrons. The smallest absolute Gasteiger partial charge is 0.328 e. The lowest BCUT2D eigenvalue weighted by Crippen LogP contribution is -2.30. The van der Waals surface area contributed by atoms with Gasteiger partial charge in [-0.25, -0.2) is 18.6 Å². The number of nitrogens with one attached hydrogen (secondary N) is 2. The number of thiocarbonyl (C=S) groups is 1. The van der Waals surface area contributed by atoms with Crippen LogP contribution in [-0.2, 0) is 4.79 Å². The minimum Gasteiger partial charge on any atom is -0.480 e. The van der Waals surface area contributed by atoms with Crippen molar-refractivity contribution in [1.29, 1.82) is 0 Å². The topological polar surface area (TPSA) is 93.6 Å². The summed E-state index contributed by atoms with van der Waals surface area (Å²) in [6, 6.07) is 4.92. The zero-order valence-corrected chi connectivity index (χ0v) is 16.9. The predicted octanol–water partition coefficient (Wildman–Crippen LogP) is 3.80. The van der Waals surface area contributed by atoms with Crippen LogP contribution in [0.4, 0.5) is 14.5 Å². The average Bonchev–Trinajstić information content (AvgIpc) is 3.29. The first kappa shape index (κ1) is 20.2. The minimum absolute atomic E-state index is 0.000302. The van der Waals surface area contributed by atoms with Crippen LogP contribution in [0.15, 0.2) is 41.7 Å². The number of benzene rings is 2. The fraction of sp³-hybridized carbons (Fsp3) is 0.158. The van der Waals surface area contributed by atoms with Crippen molar-refractivity contribution in [3.05, 3.63) is 58.9 Å². The Bertz CT molecular complexity index is 1210. The maximum absolute atomic E-state index is 14.9. The molecule has 3 aromatic rings. The number of carboxylic acids is 1. The number of H-pyrrole nitrogens is 1. The molecule has 0 aliphatic carbocycles. The van der Waals surface area contributed by atoms with Gasteiger partial charge in [-0.3, -0.25) is 4.99 Å². The summed E-state index contributed by atoms with van der Waals surface area (Å²) in [5.41, 5.74) is 1.49. The Morgan fingerprint density at radius 1 is 1.37 bits per heavy atom. The van der Waals surface area contributed by atoms with E-state index in [1.807, 2.05) is 0 Å². The number of nitrogens with zero attached hydrogens (tertiary/aromatic N) is 3. The van der Waals surface area contributed by atoms with E-state index < -0.39 is 35.3 Å². The van der Waals surface area contributed by atoms with E-state index in [2.05, 4.69) is 20.3 Å². The van der Waals surface area contributed by atoms with Gasteiger partial charge in [-0.1, -0.05) is 11.6 Å². The highest BCUT2D eigenvalue weighted by Crippen LogP contribution is 2.37. The maximum atomic E-state index is 14.9. The van der Waals surface area contributed by atoms with Crippen molar-refractivity contribution in [2.45, 2.75) is 19.0 Å². The van der Waals surface area contributed by atoms with Crippen LogP contribution >= 0.6 is 23.8 Å². The second-order valence-electron chi connectivity index (χ2n) is 6.59. The van der Waals surface area contributed by atoms with E-state index in [0.717, 1.165) is 12.1 Å². The molecule has 1 aliphatic heterocycles. The van der Waals surface area contributed by atoms with E-state index in [0.29, 0.717) is 16.7 Å². The van der Waals surface area contributed by atoms with Crippen molar-refractivity contribution in [2.24, 2.45) is 4.99 Å². The monoisotopic (exact) mass is 449 g/mol. The van der Waals surface area contributed by atoms with Gasteiger partial charge >= 0.3 is 5.97 Å². The molecule has 0 radical (unpaired) electrons. The molecule has 11 heteroatoms. The van der Waals surface area contributed by atoms with Gasteiger partial charge in [-0.05, 0) is 49.5 Å². The van der Waals surface area contributed by atoms with E-state index in [1.54, 1.807) is 18.2 Å². The van der Waals surface area contributed by atoms with Gasteiger partial charge in [0, 0.05) is 5.69 Å². The van der Waals surface area contributed by atoms with Crippen LogP contribution in [-0.4, -0.2) is 38.0 Å². The zero-order valence-electron chi connectivity index (χ0n) is 15.4. The van der Waals surface area contributed by atoms with Gasteiger partial charge in [0.1, 0.15) is 29.6 Å². The molecule has 2 unspecified atom stereocenters. The number of fused-ring (bicyclic) bond motifs is 1. The van der Waals surface area contributed by atoms with Gasteiger partial charge in [0.2, 0.25) is 0 Å². The summed E-state index contributed by atoms with van der Waals surface area (Å²) in [7, 11) is 0. The van der Waals surface area contributed by atoms with E-state index in [4.69, 9.17) is 23.8 Å². The molecule has 30 heavy (non-hydrogen) atoms. The van der Waals surface area contributed by atoms with Crippen molar-refractivity contribution >= 4 is 57.5 Å². The third-order valence-corrected chi connectivity index (χ3v) is 5.29. The van der Waals surface area contributed by atoms with E-state index in [-0.39, 0.29) is 16.0 Å². The number of amidine groups is 1. The van der Waals surface area contributed by atoms with Gasteiger partial charge < -0.3 is 20.3 Å². The molecule has 2 aromatic carbocycles. The molecule has 7 nitrogen and oxygen atoms in total. The van der Waals surface area contributed by atoms with Gasteiger partial charge in [-0.2, -0.15) is 0 Å². The Morgan fingerprint density at radius 3 is 2.87 bits per heavy atom. The number of carbonyl (C=O) groups is 1. The quantitative estimate of drug-likeness (QED) is 0.414. The normalized spacial score (nSPS) is 18.8. The molecule has 1 saturated heterocycles. The van der Waals surface area contributed by atoms with Crippen molar-refractivity contribution < 1.29 is 18.7 Å². The summed E-state index contributed by atoms with van der Waals surface area (Å²) in [4.78, 5) is 24.0. The van der Waals surface area contributed by atoms with Crippen molar-refractivity contribution in [2.75, 3.05) is 4.90 Å². The molecule has 3 N–H and O–H groups in total. The molecule has 0 saturated carbocycles. The number of halogens is 3. The van der Waals surface area contributed by atoms with E-state index in [9.17, 15) is 18.7 Å². The Morgan fingerprint density at radius 2 is 2.13 bits per heavy atom. The first-order chi connectivity index (χ1) is 14.3. The Hall–Kier alpha value is -3.11. The molecule has 1 aromatic heterocycles. The lowest BCUT2D eigenvalue weighted by molar-refractivity contribution is -0.137. The lowest BCUT2D eigenvalue weighted by atomic mass is 10.0. The van der Waals surface area contributed by atoms with Gasteiger partial charge in [-0.15, -0.1) is 0 Å². The first-order valence-corrected chi connectivity index (χ1v) is 9.53. The Labute approximate surface area is 179 Å². The second-order valence-corrected chi connectivity index (χ2v) is 7.39. The Kier molecular flexibility index (Phi) is 5.12. The first-order valence-electron chi connectivity index (χ1n) is 8.75. The Balaban J connectivity index is 1.93. The van der Waals surface area contributed by atoms with Crippen LogP contribution in [0.25, 0.3) is 11.0 Å². The third-order valence-electron chi connectivity index (χ3n) is 4.70. The standard InChI is InChI=1S/C19H14ClF2N5O2S/c1-8(18(28)29)25-17-16(14-11(21)4-3-10(20)15(14)22)27(19(30)26-17)9-2-5-12-13(6-9)24-7-23-12/h2-8,16H,1H3,(H,23,24)(H,28,29)(H,25,26,30). The average molecular weight is 450 g/mol. The molecule has 2 heterocycles. The number of imidazole rings is 1. The van der Waals surface area contributed by atoms with Crippen molar-refractivity contribution in [1.82, 2.24) is 15.3 Å². The fourth-order valence-electron chi connectivity index (χ4n) is 3.24. The van der Waals surface area contributed by atoms with Crippen LogP contribution in [0.3, 0.4) is 0 Å². The summed E-state index contributed by atoms with van der Waals surface area (Å²) < 4.78 is 29.7. The SMILES string of the molecule is CC(N=C1NC(=S)N(c2ccc3nc[nH]c3c2)C1c1c(F)ccc(Cl)c1F)C(=O)O. The number of aliphatic carboxylic acids is 1. The largest absolute Gasteiger partial charge is 0.480 e. The molecular weight excluding hydrogens is 436 g/mol. The van der Waals surface area contributed by atoms with Gasteiger partial charge in [0.25, 0.3) is 0 Å². The second kappa shape index (κ2) is 7.62. The molecular formula is C19H14ClF2N5O2S. The molecule has 0 spiro atoms. The predicted molar refractivity (Wildman–Crippen MR) is 113 cm³/mol. The third kappa shape index (κ3) is 3.37. The number of anilines is 1. The zero-order chi connectivity index (χ0) is 21.6. The van der Waals surface area contributed by atoms with E-state index >= 15 is 0 Å². The fourth-order valence-corrected chi connectivity index (χ4v) is 3.72. The number of rotatable bonds is 4. The summed E-state index contributed by atoms with van der Waals surface area (Å²) in [5, 5.41) is 11.9. The molecule has 1 aliphatic rings. The molecule has 4 rings (SSSR count). The number of hydrogen-bond donors (Lipinski definition) is 3. The summed E-state index contributed by atoms with van der Waals surface area (Å²) in [6.07, 6.45) is 1.52. The van der Waals surface area contributed by atoms with Gasteiger partial charge in [0.05, 0.1) is 27.9 Å². The van der Waals surface area contributed by atoms with Crippen LogP contribution in [0.2, 0.25) is 5.02 Å². The van der Waals surface area contributed by atoms with Crippen LogP contribution in [0, 0.1) is 11.6 Å². The highest BCUT2D eigenvalue weighted by molar-refractivity contribution is 7.80. The number of aromatic nitrogens is 2. The highest BCUT2D eigenvalue weighted by Gasteiger charge is 2.41. The summed E-state index contributed by atoms with van der Waals surface area (Å²) in [5.74, 6) is -3.04. The van der Waals surface area contributed by atoms with Crippen molar-refractivity contribution in [3.63, 3.8) is 0 Å². The number of aromatic amines is 1. The highest BCUT2D eigenvalue weighted by atomic mass is 35.5. The van der Waals surface area contributed by atoms with Crippen LogP contribution in [0.1, 0.15) is 18.5 Å². The molecule has 0 bridgehead atoms. The van der Waals surface area contributed by atoms with Crippen molar-refractivity contribution in [3.8, 4) is 0 Å². The van der Waals surface area contributed by atoms with Crippen LogP contribution in [0.5, 0.6) is 0 Å². The summed E-state index contributed by atoms with van der Waals surface area (Å²) in [6.45, 7) is 1.35. The molecule has 2 atom stereocenters. The number of carboxylic acid groups (broad SMARTS) is 1. The van der Waals surface area contributed by atoms with Gasteiger partial charge in [0.15, 0.2) is 5.11 Å².